The molecule has 1 aromatic heterocycles. The van der Waals surface area contributed by atoms with E-state index in [1.165, 1.54) is 18.1 Å². The van der Waals surface area contributed by atoms with Crippen LogP contribution in [-0.2, 0) is 9.59 Å². The molecule has 2 aromatic carbocycles. The highest BCUT2D eigenvalue weighted by Gasteiger charge is 2.27. The van der Waals surface area contributed by atoms with Crippen LogP contribution in [0.5, 0.6) is 11.6 Å². The summed E-state index contributed by atoms with van der Waals surface area (Å²) in [6.45, 7) is 0.555. The van der Waals surface area contributed by atoms with Crippen LogP contribution in [0, 0.1) is 11.8 Å². The highest BCUT2D eigenvalue weighted by Crippen LogP contribution is 2.35. The first kappa shape index (κ1) is 22.5. The maximum absolute atomic E-state index is 12.8. The van der Waals surface area contributed by atoms with E-state index in [4.69, 9.17) is 9.47 Å². The molecule has 0 spiro atoms. The molecule has 8 nitrogen and oxygen atoms in total. The fourth-order valence-electron chi connectivity index (χ4n) is 4.45. The van der Waals surface area contributed by atoms with Gasteiger partial charge in [0.2, 0.25) is 17.7 Å². The predicted octanol–water partition coefficient (Wildman–Crippen LogP) is 4.51. The Bertz CT molecular complexity index is 1230. The number of hydrogen-bond donors (Lipinski definition) is 2. The van der Waals surface area contributed by atoms with Gasteiger partial charge in [-0.15, -0.1) is 11.8 Å². The number of nitrogens with zero attached hydrogens (tertiary/aromatic N) is 2. The van der Waals surface area contributed by atoms with Crippen LogP contribution >= 0.6 is 11.8 Å². The van der Waals surface area contributed by atoms with Gasteiger partial charge in [0.05, 0.1) is 36.1 Å². The minimum absolute atomic E-state index is 0.0179. The van der Waals surface area contributed by atoms with Crippen molar-refractivity contribution in [3.8, 4) is 11.6 Å². The zero-order valence-corrected chi connectivity index (χ0v) is 19.7. The van der Waals surface area contributed by atoms with Gasteiger partial charge in [-0.3, -0.25) is 9.59 Å². The average molecular weight is 479 g/mol. The predicted molar refractivity (Wildman–Crippen MR) is 131 cm³/mol. The molecule has 2 amide bonds. The maximum Gasteiger partial charge on any atom is 0.234 e. The van der Waals surface area contributed by atoms with Gasteiger partial charge in [-0.1, -0.05) is 0 Å². The fraction of sp³-hybridized carbons (Fsp3) is 0.360. The Balaban J connectivity index is 1.14. The average Bonchev–Trinajstić information content (AvgIpc) is 2.87. The monoisotopic (exact) mass is 478 g/mol. The van der Waals surface area contributed by atoms with Gasteiger partial charge in [-0.25, -0.2) is 9.97 Å². The van der Waals surface area contributed by atoms with Crippen molar-refractivity contribution in [1.29, 1.82) is 0 Å². The van der Waals surface area contributed by atoms with E-state index < -0.39 is 0 Å². The number of methoxy groups -OCH3 is 1. The maximum atomic E-state index is 12.8. The lowest BCUT2D eigenvalue weighted by Gasteiger charge is -2.27. The number of anilines is 2. The van der Waals surface area contributed by atoms with Crippen LogP contribution < -0.4 is 20.1 Å². The summed E-state index contributed by atoms with van der Waals surface area (Å²) in [7, 11) is 1.63. The third-order valence-corrected chi connectivity index (χ3v) is 7.43. The third kappa shape index (κ3) is 4.94. The van der Waals surface area contributed by atoms with E-state index in [2.05, 4.69) is 20.6 Å². The molecule has 0 bridgehead atoms. The first-order valence-electron chi connectivity index (χ1n) is 11.4. The standard InChI is InChI=1S/C25H26N4O4S/c1-32-18-7-8-20-19(11-18)25(27-14-26-20)33-12-15-2-4-16(5-3-15)24(31)28-17-6-9-22-21(10-17)29-23(30)13-34-22/h6-11,14-16H,2-5,12-13H2,1H3,(H,28,31)(H,29,30)/t15-,16-. The summed E-state index contributed by atoms with van der Waals surface area (Å²) < 4.78 is 11.4. The molecule has 1 aliphatic heterocycles. The Morgan fingerprint density at radius 3 is 2.82 bits per heavy atom. The molecule has 34 heavy (non-hydrogen) atoms. The summed E-state index contributed by atoms with van der Waals surface area (Å²) in [5, 5.41) is 6.71. The second-order valence-corrected chi connectivity index (χ2v) is 9.64. The van der Waals surface area contributed by atoms with Crippen molar-refractivity contribution in [2.75, 3.05) is 30.1 Å². The topological polar surface area (TPSA) is 102 Å². The Labute approximate surface area is 201 Å². The highest BCUT2D eigenvalue weighted by atomic mass is 32.2. The number of benzene rings is 2. The van der Waals surface area contributed by atoms with Crippen LogP contribution in [0.3, 0.4) is 0 Å². The van der Waals surface area contributed by atoms with Gasteiger partial charge in [0, 0.05) is 16.5 Å². The Kier molecular flexibility index (Phi) is 6.53. The number of thioether (sulfide) groups is 1. The summed E-state index contributed by atoms with van der Waals surface area (Å²) in [6.07, 6.45) is 4.98. The lowest BCUT2D eigenvalue weighted by Crippen LogP contribution is -2.29. The Morgan fingerprint density at radius 2 is 2.00 bits per heavy atom. The fourth-order valence-corrected chi connectivity index (χ4v) is 5.24. The van der Waals surface area contributed by atoms with E-state index in [1.54, 1.807) is 7.11 Å². The minimum Gasteiger partial charge on any atom is -0.497 e. The van der Waals surface area contributed by atoms with E-state index in [1.807, 2.05) is 36.4 Å². The molecule has 1 fully saturated rings. The first-order valence-corrected chi connectivity index (χ1v) is 12.4. The summed E-state index contributed by atoms with van der Waals surface area (Å²) in [4.78, 5) is 34.1. The van der Waals surface area contributed by atoms with E-state index in [0.29, 0.717) is 29.8 Å². The number of ether oxygens (including phenoxy) is 2. The number of nitrogens with one attached hydrogen (secondary N) is 2. The minimum atomic E-state index is -0.0274. The number of carbonyl (C=O) groups is 2. The van der Waals surface area contributed by atoms with Crippen molar-refractivity contribution < 1.29 is 19.1 Å². The zero-order valence-electron chi connectivity index (χ0n) is 18.9. The molecule has 0 unspecified atom stereocenters. The third-order valence-electron chi connectivity index (χ3n) is 6.36. The molecule has 2 N–H and O–H groups in total. The quantitative estimate of drug-likeness (QED) is 0.537. The van der Waals surface area contributed by atoms with Crippen LogP contribution in [0.25, 0.3) is 10.9 Å². The molecule has 176 valence electrons. The van der Waals surface area contributed by atoms with Gasteiger partial charge in [-0.05, 0) is 68.0 Å². The lowest BCUT2D eigenvalue weighted by molar-refractivity contribution is -0.121. The molecule has 0 saturated heterocycles. The highest BCUT2D eigenvalue weighted by molar-refractivity contribution is 8.00. The van der Waals surface area contributed by atoms with Crippen LogP contribution in [-0.4, -0.2) is 41.3 Å². The SMILES string of the molecule is COc1ccc2ncnc(OC[C@H]3CC[C@H](C(=O)Nc4ccc5c(c4)NC(=O)CS5)CC3)c2c1. The molecule has 1 saturated carbocycles. The van der Waals surface area contributed by atoms with Gasteiger partial charge in [0.1, 0.15) is 12.1 Å². The van der Waals surface area contributed by atoms with Crippen molar-refractivity contribution >= 4 is 45.9 Å². The largest absolute Gasteiger partial charge is 0.497 e. The summed E-state index contributed by atoms with van der Waals surface area (Å²) in [6, 6.07) is 11.3. The number of rotatable bonds is 6. The lowest BCUT2D eigenvalue weighted by atomic mass is 9.82. The van der Waals surface area contributed by atoms with E-state index in [0.717, 1.165) is 52.9 Å². The van der Waals surface area contributed by atoms with E-state index >= 15 is 0 Å². The van der Waals surface area contributed by atoms with Gasteiger partial charge in [0.15, 0.2) is 0 Å². The summed E-state index contributed by atoms with van der Waals surface area (Å²) >= 11 is 1.51. The van der Waals surface area contributed by atoms with Crippen molar-refractivity contribution in [3.63, 3.8) is 0 Å². The zero-order chi connectivity index (χ0) is 23.5. The Hall–Kier alpha value is -3.33. The number of carbonyl (C=O) groups excluding carboxylic acids is 2. The smallest absolute Gasteiger partial charge is 0.234 e. The molecule has 0 radical (unpaired) electrons. The molecule has 3 aromatic rings. The molecule has 5 rings (SSSR count). The summed E-state index contributed by atoms with van der Waals surface area (Å²) in [5.41, 5.74) is 2.28. The molecule has 0 atom stereocenters. The second kappa shape index (κ2) is 9.89. The molecule has 2 aliphatic rings. The van der Waals surface area contributed by atoms with Crippen molar-refractivity contribution in [1.82, 2.24) is 9.97 Å². The molecule has 2 heterocycles. The molecular formula is C25H26N4O4S. The van der Waals surface area contributed by atoms with Gasteiger partial charge >= 0.3 is 0 Å². The van der Waals surface area contributed by atoms with Crippen molar-refractivity contribution in [2.24, 2.45) is 11.8 Å². The number of hydrogen-bond acceptors (Lipinski definition) is 7. The number of aromatic nitrogens is 2. The van der Waals surface area contributed by atoms with E-state index in [-0.39, 0.29) is 17.7 Å². The summed E-state index contributed by atoms with van der Waals surface area (Å²) in [5.74, 6) is 2.07. The van der Waals surface area contributed by atoms with Gasteiger partial charge < -0.3 is 20.1 Å². The van der Waals surface area contributed by atoms with Crippen LogP contribution in [0.15, 0.2) is 47.6 Å². The van der Waals surface area contributed by atoms with Crippen molar-refractivity contribution in [2.45, 2.75) is 30.6 Å². The molecular weight excluding hydrogens is 452 g/mol. The first-order chi connectivity index (χ1) is 16.6. The second-order valence-electron chi connectivity index (χ2n) is 8.63. The van der Waals surface area contributed by atoms with E-state index in [9.17, 15) is 9.59 Å². The van der Waals surface area contributed by atoms with Gasteiger partial charge in [0.25, 0.3) is 0 Å². The molecule has 9 heteroatoms. The Morgan fingerprint density at radius 1 is 1.15 bits per heavy atom. The van der Waals surface area contributed by atoms with Gasteiger partial charge in [-0.2, -0.15) is 0 Å². The normalized spacial score (nSPS) is 19.7. The van der Waals surface area contributed by atoms with Crippen molar-refractivity contribution in [3.05, 3.63) is 42.7 Å². The number of fused-ring (bicyclic) bond motifs is 2. The molecule has 1 aliphatic carbocycles. The van der Waals surface area contributed by atoms with Crippen LogP contribution in [0.1, 0.15) is 25.7 Å². The number of amides is 2. The van der Waals surface area contributed by atoms with Crippen LogP contribution in [0.2, 0.25) is 0 Å². The van der Waals surface area contributed by atoms with Crippen LogP contribution in [0.4, 0.5) is 11.4 Å².